The molecule has 80 heavy (non-hydrogen) atoms. The summed E-state index contributed by atoms with van der Waals surface area (Å²) in [5.41, 5.74) is 9.44. The van der Waals surface area contributed by atoms with Gasteiger partial charge in [-0.05, 0) is 195 Å². The van der Waals surface area contributed by atoms with E-state index in [9.17, 15) is 0 Å². The lowest BCUT2D eigenvalue weighted by Crippen LogP contribution is -2.12. The van der Waals surface area contributed by atoms with E-state index < -0.39 is 7.82 Å². The molecule has 0 aliphatic carbocycles. The van der Waals surface area contributed by atoms with Crippen LogP contribution in [0.4, 0.5) is 0 Å². The van der Waals surface area contributed by atoms with Crippen LogP contribution in [-0.4, -0.2) is 0 Å². The Kier molecular flexibility index (Phi) is 21.4. The highest BCUT2D eigenvalue weighted by Crippen LogP contribution is 2.60. The van der Waals surface area contributed by atoms with Gasteiger partial charge in [0.1, 0.15) is 0 Å². The largest absolute Gasteiger partial charge is 0.647 e. The van der Waals surface area contributed by atoms with Crippen molar-refractivity contribution in [2.45, 2.75) is 0 Å². The van der Waals surface area contributed by atoms with E-state index in [2.05, 4.69) is 143 Å². The molecule has 0 heterocycles. The fraction of sp³-hybridized carbons (Fsp3) is 0. The minimum atomic E-state index is -5.10. The van der Waals surface area contributed by atoms with Gasteiger partial charge in [0.05, 0.1) is 26.8 Å². The number of rotatable bonds is 18. The SMILES string of the molecule is O=P(Oc1c(Br)c(Br)c(Br)c(/C=C/c2ccccc2)c1/C=C/c1ccccc1)(Oc1c(Br)c(Br)c(Br)c(/C=C/c2ccccc2)c1/C=C/c1ccccc1)Oc1c(Br)c(Br)c(Br)c(/C=C/c2ccccc2)c1/C=C/c1ccccc1. The number of phosphoric ester groups is 1. The van der Waals surface area contributed by atoms with Gasteiger partial charge in [0.2, 0.25) is 0 Å². The van der Waals surface area contributed by atoms with Crippen molar-refractivity contribution < 1.29 is 18.1 Å². The lowest BCUT2D eigenvalue weighted by Gasteiger charge is -2.26. The Morgan fingerprint density at radius 1 is 0.225 bits per heavy atom. The third-order valence-electron chi connectivity index (χ3n) is 12.1. The van der Waals surface area contributed by atoms with Crippen LogP contribution >= 0.6 is 151 Å². The van der Waals surface area contributed by atoms with Crippen LogP contribution in [-0.2, 0) is 4.57 Å². The first kappa shape index (κ1) is 60.0. The quantitative estimate of drug-likeness (QED) is 0.0488. The Morgan fingerprint density at radius 3 is 0.588 bits per heavy atom. The van der Waals surface area contributed by atoms with Crippen molar-refractivity contribution in [3.8, 4) is 17.2 Å². The lowest BCUT2D eigenvalue weighted by atomic mass is 10.0. The normalized spacial score (nSPS) is 12.1. The minimum absolute atomic E-state index is 0.152. The van der Waals surface area contributed by atoms with Crippen molar-refractivity contribution in [3.05, 3.63) is 289 Å². The highest BCUT2D eigenvalue weighted by Gasteiger charge is 2.40. The van der Waals surface area contributed by atoms with Gasteiger partial charge < -0.3 is 13.6 Å². The van der Waals surface area contributed by atoms with Gasteiger partial charge in [0.15, 0.2) is 17.2 Å². The minimum Gasteiger partial charge on any atom is -0.384 e. The van der Waals surface area contributed by atoms with Crippen LogP contribution in [0.15, 0.2) is 222 Å². The molecule has 0 radical (unpaired) electrons. The topological polar surface area (TPSA) is 44.8 Å². The van der Waals surface area contributed by atoms with E-state index >= 15 is 4.57 Å². The summed E-state index contributed by atoms with van der Waals surface area (Å²) in [4.78, 5) is 0. The van der Waals surface area contributed by atoms with Crippen molar-refractivity contribution in [2.75, 3.05) is 0 Å². The third kappa shape index (κ3) is 14.9. The summed E-state index contributed by atoms with van der Waals surface area (Å²) in [7, 11) is -5.10. The van der Waals surface area contributed by atoms with E-state index in [1.807, 2.05) is 255 Å². The van der Waals surface area contributed by atoms with Gasteiger partial charge in [0, 0.05) is 46.8 Å². The van der Waals surface area contributed by atoms with Crippen molar-refractivity contribution in [1.82, 2.24) is 0 Å². The van der Waals surface area contributed by atoms with Gasteiger partial charge in [-0.1, -0.05) is 237 Å². The van der Waals surface area contributed by atoms with Gasteiger partial charge in [-0.15, -0.1) is 0 Å². The van der Waals surface area contributed by atoms with E-state index in [1.165, 1.54) is 0 Å². The van der Waals surface area contributed by atoms with Crippen LogP contribution in [0.5, 0.6) is 17.2 Å². The Morgan fingerprint density at radius 2 is 0.400 bits per heavy atom. The van der Waals surface area contributed by atoms with Gasteiger partial charge in [0.25, 0.3) is 0 Å². The maximum Gasteiger partial charge on any atom is 0.647 e. The molecule has 4 nitrogen and oxygen atoms in total. The summed E-state index contributed by atoms with van der Waals surface area (Å²) >= 11 is 35.0. The fourth-order valence-corrected chi connectivity index (χ4v) is 14.9. The van der Waals surface area contributed by atoms with Crippen molar-refractivity contribution in [2.24, 2.45) is 0 Å². The number of benzene rings is 9. The van der Waals surface area contributed by atoms with Crippen molar-refractivity contribution in [1.29, 1.82) is 0 Å². The first-order chi connectivity index (χ1) is 38.8. The van der Waals surface area contributed by atoms with E-state index in [1.54, 1.807) is 0 Å². The summed E-state index contributed by atoms with van der Waals surface area (Å²) in [5, 5.41) is 0. The van der Waals surface area contributed by atoms with Gasteiger partial charge in [-0.25, -0.2) is 0 Å². The molecule has 0 bridgehead atoms. The second-order valence-corrected chi connectivity index (χ2v) is 26.1. The van der Waals surface area contributed by atoms with Gasteiger partial charge >= 0.3 is 7.82 Å². The Hall–Kier alpha value is -4.63. The summed E-state index contributed by atoms with van der Waals surface area (Å²) in [6, 6.07) is 59.7. The first-order valence-electron chi connectivity index (χ1n) is 24.5. The van der Waals surface area contributed by atoms with Crippen LogP contribution < -0.4 is 13.6 Å². The maximum absolute atomic E-state index is 17.2. The molecule has 0 atom stereocenters. The zero-order valence-electron chi connectivity index (χ0n) is 41.7. The highest BCUT2D eigenvalue weighted by atomic mass is 79.9. The summed E-state index contributed by atoms with van der Waals surface area (Å²) in [6.07, 6.45) is 23.7. The molecule has 0 amide bonds. The zero-order valence-corrected chi connectivity index (χ0v) is 56.9. The summed E-state index contributed by atoms with van der Waals surface area (Å²) in [5.74, 6) is 0.456. The van der Waals surface area contributed by atoms with Crippen molar-refractivity contribution >= 4 is 224 Å². The molecular weight excluding hydrogens is 1610 g/mol. The average molecular weight is 1650 g/mol. The van der Waals surface area contributed by atoms with Crippen LogP contribution in [0.25, 0.3) is 72.9 Å². The monoisotopic (exact) mass is 1640 g/mol. The second-order valence-electron chi connectivity index (χ2n) is 17.5. The Balaban J connectivity index is 1.34. The predicted molar refractivity (Wildman–Crippen MR) is 370 cm³/mol. The van der Waals surface area contributed by atoms with E-state index in [0.29, 0.717) is 73.6 Å². The molecule has 9 aromatic carbocycles. The highest BCUT2D eigenvalue weighted by molar-refractivity contribution is 9.15. The van der Waals surface area contributed by atoms with E-state index in [4.69, 9.17) is 13.6 Å². The number of halogens is 9. The van der Waals surface area contributed by atoms with Crippen LogP contribution in [0.1, 0.15) is 66.8 Å². The molecule has 0 unspecified atom stereocenters. The second kappa shape index (κ2) is 28.6. The van der Waals surface area contributed by atoms with Crippen LogP contribution in [0.3, 0.4) is 0 Å². The molecule has 0 N–H and O–H groups in total. The van der Waals surface area contributed by atoms with Gasteiger partial charge in [-0.2, -0.15) is 4.57 Å². The molecular formula is C66H42Br9O4P. The molecule has 0 saturated heterocycles. The van der Waals surface area contributed by atoms with E-state index in [-0.39, 0.29) is 17.2 Å². The van der Waals surface area contributed by atoms with Crippen molar-refractivity contribution in [3.63, 3.8) is 0 Å². The molecule has 0 aliphatic rings. The fourth-order valence-electron chi connectivity index (χ4n) is 8.13. The van der Waals surface area contributed by atoms with Crippen LogP contribution in [0.2, 0.25) is 0 Å². The number of hydrogen-bond acceptors (Lipinski definition) is 4. The van der Waals surface area contributed by atoms with Gasteiger partial charge in [-0.3, -0.25) is 0 Å². The lowest BCUT2D eigenvalue weighted by molar-refractivity contribution is 0.295. The standard InChI is InChI=1S/C66H42Br9O4P/c67-55-49(37-31-43-19-7-1-8-20-43)52(40-34-46-25-13-4-14-26-46)64(61(73)58(55)70)77-80(76,78-65-53(41-35-47-27-15-5-16-28-47)50(56(68)59(71)62(65)74)38-32-44-21-9-2-10-22-44)79-66-54(42-36-48-29-17-6-18-30-48)51(57(69)60(72)63(66)75)39-33-45-23-11-3-12-24-45/h1-42H/b37-31+,38-32+,39-33+,40-34+,41-35+,42-36+. The Bertz CT molecular complexity index is 3500. The average Bonchev–Trinajstić information content (AvgIpc) is 3.60. The van der Waals surface area contributed by atoms with Crippen LogP contribution in [0, 0.1) is 0 Å². The smallest absolute Gasteiger partial charge is 0.384 e. The summed E-state index contributed by atoms with van der Waals surface area (Å²) < 4.78 is 43.8. The molecule has 398 valence electrons. The maximum atomic E-state index is 17.2. The zero-order chi connectivity index (χ0) is 56.2. The molecule has 0 fully saturated rings. The predicted octanol–water partition coefficient (Wildman–Crippen LogP) is 25.2. The molecule has 0 aliphatic heterocycles. The molecule has 9 aromatic rings. The van der Waals surface area contributed by atoms with E-state index in [0.717, 1.165) is 33.4 Å². The molecule has 0 saturated carbocycles. The molecule has 14 heteroatoms. The molecule has 0 spiro atoms. The molecule has 9 rings (SSSR count). The Labute approximate surface area is 542 Å². The third-order valence-corrected chi connectivity index (χ3v) is 23.7. The summed E-state index contributed by atoms with van der Waals surface area (Å²) in [6.45, 7) is 0. The molecule has 0 aromatic heterocycles. The number of hydrogen-bond donors (Lipinski definition) is 0. The number of phosphoric acid groups is 1. The first-order valence-corrected chi connectivity index (χ1v) is 33.1.